The lowest BCUT2D eigenvalue weighted by Gasteiger charge is -2.35. The van der Waals surface area contributed by atoms with Crippen molar-refractivity contribution < 1.29 is 14.6 Å². The lowest BCUT2D eigenvalue weighted by atomic mass is 9.78. The van der Waals surface area contributed by atoms with Gasteiger partial charge in [-0.1, -0.05) is 0 Å². The second-order valence-corrected chi connectivity index (χ2v) is 3.78. The third kappa shape index (κ3) is 2.97. The molecule has 1 heterocycles. The number of carboxylic acids is 1. The fourth-order valence-electron chi connectivity index (χ4n) is 1.98. The smallest absolute Gasteiger partial charge is 0.304 e. The summed E-state index contributed by atoms with van der Waals surface area (Å²) in [5, 5.41) is 12.0. The van der Waals surface area contributed by atoms with E-state index in [-0.39, 0.29) is 11.8 Å². The van der Waals surface area contributed by atoms with Crippen LogP contribution in [-0.4, -0.2) is 37.9 Å². The molecule has 1 fully saturated rings. The van der Waals surface area contributed by atoms with Gasteiger partial charge in [0.05, 0.1) is 13.0 Å². The SMILES string of the molecule is COCC1(CC(=O)O)CCCNC1. The molecule has 1 aliphatic rings. The molecular formula is C9H17NO3. The maximum Gasteiger partial charge on any atom is 0.304 e. The lowest BCUT2D eigenvalue weighted by Crippen LogP contribution is -2.44. The third-order valence-electron chi connectivity index (χ3n) is 2.54. The van der Waals surface area contributed by atoms with Gasteiger partial charge in [-0.25, -0.2) is 0 Å². The molecule has 1 saturated heterocycles. The predicted octanol–water partition coefficient (Wildman–Crippen LogP) is 0.477. The van der Waals surface area contributed by atoms with Gasteiger partial charge in [0.1, 0.15) is 0 Å². The molecule has 1 rings (SSSR count). The molecule has 0 bridgehead atoms. The third-order valence-corrected chi connectivity index (χ3v) is 2.54. The van der Waals surface area contributed by atoms with Crippen LogP contribution in [0.25, 0.3) is 0 Å². The van der Waals surface area contributed by atoms with Crippen molar-refractivity contribution in [1.82, 2.24) is 5.32 Å². The Bertz CT molecular complexity index is 170. The van der Waals surface area contributed by atoms with E-state index < -0.39 is 5.97 Å². The first kappa shape index (κ1) is 10.5. The Hall–Kier alpha value is -0.610. The summed E-state index contributed by atoms with van der Waals surface area (Å²) in [5.74, 6) is -0.735. The zero-order valence-electron chi connectivity index (χ0n) is 8.01. The summed E-state index contributed by atoms with van der Waals surface area (Å²) in [6.07, 6.45) is 2.19. The number of nitrogens with one attached hydrogen (secondary N) is 1. The predicted molar refractivity (Wildman–Crippen MR) is 48.7 cm³/mol. The van der Waals surface area contributed by atoms with Crippen LogP contribution in [0.5, 0.6) is 0 Å². The number of methoxy groups -OCH3 is 1. The molecule has 0 radical (unpaired) electrons. The minimum Gasteiger partial charge on any atom is -0.481 e. The summed E-state index contributed by atoms with van der Waals surface area (Å²) in [6, 6.07) is 0. The van der Waals surface area contributed by atoms with Gasteiger partial charge in [0.15, 0.2) is 0 Å². The number of rotatable bonds is 4. The van der Waals surface area contributed by atoms with Crippen LogP contribution in [0.2, 0.25) is 0 Å². The number of carbonyl (C=O) groups is 1. The molecule has 0 saturated carbocycles. The van der Waals surface area contributed by atoms with Crippen LogP contribution < -0.4 is 5.32 Å². The number of ether oxygens (including phenoxy) is 1. The quantitative estimate of drug-likeness (QED) is 0.672. The zero-order chi connectivity index (χ0) is 9.73. The van der Waals surface area contributed by atoms with E-state index in [1.165, 1.54) is 0 Å². The van der Waals surface area contributed by atoms with Crippen molar-refractivity contribution in [3.63, 3.8) is 0 Å². The summed E-state index contributed by atoms with van der Waals surface area (Å²) in [4.78, 5) is 10.7. The number of aliphatic carboxylic acids is 1. The lowest BCUT2D eigenvalue weighted by molar-refractivity contribution is -0.141. The summed E-state index contributed by atoms with van der Waals surface area (Å²) in [6.45, 7) is 2.28. The zero-order valence-corrected chi connectivity index (χ0v) is 8.01. The van der Waals surface area contributed by atoms with Crippen LogP contribution in [0, 0.1) is 5.41 Å². The van der Waals surface area contributed by atoms with Gasteiger partial charge in [0, 0.05) is 19.1 Å². The minimum atomic E-state index is -0.735. The van der Waals surface area contributed by atoms with Crippen molar-refractivity contribution in [2.24, 2.45) is 5.41 Å². The molecule has 0 amide bonds. The highest BCUT2D eigenvalue weighted by Gasteiger charge is 2.34. The maximum atomic E-state index is 10.7. The van der Waals surface area contributed by atoms with Gasteiger partial charge in [-0.3, -0.25) is 4.79 Å². The maximum absolute atomic E-state index is 10.7. The fraction of sp³-hybridized carbons (Fsp3) is 0.889. The van der Waals surface area contributed by atoms with E-state index in [1.807, 2.05) is 0 Å². The molecule has 1 unspecified atom stereocenters. The number of carboxylic acid groups (broad SMARTS) is 1. The second kappa shape index (κ2) is 4.58. The van der Waals surface area contributed by atoms with Crippen LogP contribution in [0.1, 0.15) is 19.3 Å². The Morgan fingerprint density at radius 1 is 1.69 bits per heavy atom. The van der Waals surface area contributed by atoms with Crippen LogP contribution in [0.3, 0.4) is 0 Å². The van der Waals surface area contributed by atoms with Crippen molar-refractivity contribution in [1.29, 1.82) is 0 Å². The molecule has 76 valence electrons. The molecule has 0 aliphatic carbocycles. The Morgan fingerprint density at radius 3 is 2.92 bits per heavy atom. The highest BCUT2D eigenvalue weighted by atomic mass is 16.5. The summed E-state index contributed by atoms with van der Waals surface area (Å²) >= 11 is 0. The summed E-state index contributed by atoms with van der Waals surface area (Å²) < 4.78 is 5.08. The fourth-order valence-corrected chi connectivity index (χ4v) is 1.98. The molecule has 4 nitrogen and oxygen atoms in total. The normalized spacial score (nSPS) is 28.7. The standard InChI is InChI=1S/C9H17NO3/c1-13-7-9(5-8(11)12)3-2-4-10-6-9/h10H,2-7H2,1H3,(H,11,12). The van der Waals surface area contributed by atoms with Crippen LogP contribution in [-0.2, 0) is 9.53 Å². The molecule has 1 aliphatic heterocycles. The number of hydrogen-bond acceptors (Lipinski definition) is 3. The monoisotopic (exact) mass is 187 g/mol. The highest BCUT2D eigenvalue weighted by molar-refractivity contribution is 5.67. The van der Waals surface area contributed by atoms with Gasteiger partial charge >= 0.3 is 5.97 Å². The molecule has 2 N–H and O–H groups in total. The van der Waals surface area contributed by atoms with E-state index in [0.717, 1.165) is 25.9 Å². The Labute approximate surface area is 78.3 Å². The largest absolute Gasteiger partial charge is 0.481 e. The van der Waals surface area contributed by atoms with E-state index >= 15 is 0 Å². The highest BCUT2D eigenvalue weighted by Crippen LogP contribution is 2.30. The number of piperidine rings is 1. The van der Waals surface area contributed by atoms with Crippen molar-refractivity contribution in [3.05, 3.63) is 0 Å². The molecule has 0 aromatic rings. The van der Waals surface area contributed by atoms with Gasteiger partial charge in [0.2, 0.25) is 0 Å². The first-order chi connectivity index (χ1) is 6.18. The first-order valence-electron chi connectivity index (χ1n) is 4.60. The Balaban J connectivity index is 2.55. The van der Waals surface area contributed by atoms with Crippen LogP contribution in [0.15, 0.2) is 0 Å². The van der Waals surface area contributed by atoms with Crippen molar-refractivity contribution in [2.75, 3.05) is 26.8 Å². The Morgan fingerprint density at radius 2 is 2.46 bits per heavy atom. The molecule has 0 spiro atoms. The average Bonchev–Trinajstić information content (AvgIpc) is 2.04. The summed E-state index contributed by atoms with van der Waals surface area (Å²) in [5.41, 5.74) is -0.182. The van der Waals surface area contributed by atoms with E-state index in [4.69, 9.17) is 9.84 Å². The van der Waals surface area contributed by atoms with Crippen molar-refractivity contribution >= 4 is 5.97 Å². The van der Waals surface area contributed by atoms with Gasteiger partial charge in [-0.05, 0) is 19.4 Å². The number of hydrogen-bond donors (Lipinski definition) is 2. The summed E-state index contributed by atoms with van der Waals surface area (Å²) in [7, 11) is 1.62. The van der Waals surface area contributed by atoms with E-state index in [0.29, 0.717) is 6.61 Å². The second-order valence-electron chi connectivity index (χ2n) is 3.78. The molecule has 0 aromatic carbocycles. The van der Waals surface area contributed by atoms with Gasteiger partial charge in [-0.2, -0.15) is 0 Å². The first-order valence-corrected chi connectivity index (χ1v) is 4.60. The van der Waals surface area contributed by atoms with E-state index in [1.54, 1.807) is 7.11 Å². The molecule has 4 heteroatoms. The van der Waals surface area contributed by atoms with Gasteiger partial charge < -0.3 is 15.2 Å². The van der Waals surface area contributed by atoms with Crippen LogP contribution >= 0.6 is 0 Å². The molecule has 1 atom stereocenters. The topological polar surface area (TPSA) is 58.6 Å². The average molecular weight is 187 g/mol. The Kier molecular flexibility index (Phi) is 3.69. The van der Waals surface area contributed by atoms with E-state index in [2.05, 4.69) is 5.32 Å². The van der Waals surface area contributed by atoms with Crippen LogP contribution in [0.4, 0.5) is 0 Å². The van der Waals surface area contributed by atoms with Gasteiger partial charge in [0.25, 0.3) is 0 Å². The van der Waals surface area contributed by atoms with Crippen molar-refractivity contribution in [2.45, 2.75) is 19.3 Å². The molecule has 0 aromatic heterocycles. The van der Waals surface area contributed by atoms with Crippen molar-refractivity contribution in [3.8, 4) is 0 Å². The minimum absolute atomic E-state index is 0.182. The van der Waals surface area contributed by atoms with Gasteiger partial charge in [-0.15, -0.1) is 0 Å². The molecule has 13 heavy (non-hydrogen) atoms. The van der Waals surface area contributed by atoms with E-state index in [9.17, 15) is 4.79 Å². The molecular weight excluding hydrogens is 170 g/mol.